The van der Waals surface area contributed by atoms with Gasteiger partial charge in [0.1, 0.15) is 11.6 Å². The van der Waals surface area contributed by atoms with Crippen molar-refractivity contribution in [1.82, 2.24) is 20.1 Å². The first-order valence-corrected chi connectivity index (χ1v) is 7.97. The molecule has 0 amide bonds. The lowest BCUT2D eigenvalue weighted by Crippen LogP contribution is -1.89. The van der Waals surface area contributed by atoms with E-state index in [1.54, 1.807) is 12.3 Å². The molecule has 2 aromatic heterocycles. The van der Waals surface area contributed by atoms with E-state index in [-0.39, 0.29) is 11.5 Å². The number of nitrogens with zero attached hydrogens (tertiary/aromatic N) is 5. The summed E-state index contributed by atoms with van der Waals surface area (Å²) in [4.78, 5) is 13.1. The second kappa shape index (κ2) is 6.57. The third kappa shape index (κ3) is 3.06. The Hall–Kier alpha value is -3.85. The predicted octanol–water partition coefficient (Wildman–Crippen LogP) is 4.05. The zero-order chi connectivity index (χ0) is 17.9. The SMILES string of the molecule is Cc1ccc(-c2noc(/C(C#N)=C\c3cnc4ccccc4n3)n2)cc1. The van der Waals surface area contributed by atoms with Crippen LogP contribution in [0.15, 0.2) is 59.3 Å². The third-order valence-corrected chi connectivity index (χ3v) is 3.85. The molecule has 0 bridgehead atoms. The van der Waals surface area contributed by atoms with Gasteiger partial charge in [-0.3, -0.25) is 4.98 Å². The van der Waals surface area contributed by atoms with Crippen molar-refractivity contribution in [1.29, 1.82) is 5.26 Å². The molecule has 6 nitrogen and oxygen atoms in total. The van der Waals surface area contributed by atoms with Crippen LogP contribution in [0.3, 0.4) is 0 Å². The Balaban J connectivity index is 1.69. The molecule has 0 atom stereocenters. The van der Waals surface area contributed by atoms with Crippen molar-refractivity contribution in [2.24, 2.45) is 0 Å². The lowest BCUT2D eigenvalue weighted by atomic mass is 10.1. The van der Waals surface area contributed by atoms with Gasteiger partial charge in [-0.15, -0.1) is 0 Å². The highest BCUT2D eigenvalue weighted by molar-refractivity contribution is 5.87. The average Bonchev–Trinajstić information content (AvgIpc) is 3.16. The van der Waals surface area contributed by atoms with E-state index < -0.39 is 0 Å². The summed E-state index contributed by atoms with van der Waals surface area (Å²) in [6, 6.07) is 17.4. The molecule has 4 rings (SSSR count). The summed E-state index contributed by atoms with van der Waals surface area (Å²) in [7, 11) is 0. The molecule has 124 valence electrons. The molecule has 0 fully saturated rings. The lowest BCUT2D eigenvalue weighted by Gasteiger charge is -1.98. The molecule has 0 saturated heterocycles. The molecule has 0 unspecified atom stereocenters. The number of para-hydroxylation sites is 2. The van der Waals surface area contributed by atoms with Gasteiger partial charge >= 0.3 is 0 Å². The first-order valence-electron chi connectivity index (χ1n) is 7.97. The molecule has 2 heterocycles. The maximum Gasteiger partial charge on any atom is 0.268 e. The molecular formula is C20H13N5O. The molecule has 0 saturated carbocycles. The third-order valence-electron chi connectivity index (χ3n) is 3.85. The fraction of sp³-hybridized carbons (Fsp3) is 0.0500. The highest BCUT2D eigenvalue weighted by Crippen LogP contribution is 2.21. The normalized spacial score (nSPS) is 11.5. The summed E-state index contributed by atoms with van der Waals surface area (Å²) < 4.78 is 5.26. The van der Waals surface area contributed by atoms with Crippen molar-refractivity contribution in [3.8, 4) is 17.5 Å². The number of allylic oxidation sites excluding steroid dienone is 1. The van der Waals surface area contributed by atoms with E-state index in [1.807, 2.05) is 55.5 Å². The van der Waals surface area contributed by atoms with Crippen LogP contribution in [0, 0.1) is 18.3 Å². The molecule has 6 heteroatoms. The van der Waals surface area contributed by atoms with E-state index in [9.17, 15) is 5.26 Å². The van der Waals surface area contributed by atoms with E-state index in [2.05, 4.69) is 26.2 Å². The Labute approximate surface area is 149 Å². The van der Waals surface area contributed by atoms with Crippen LogP contribution in [-0.4, -0.2) is 20.1 Å². The van der Waals surface area contributed by atoms with Crippen LogP contribution in [0.25, 0.3) is 34.1 Å². The van der Waals surface area contributed by atoms with E-state index in [0.717, 1.165) is 22.2 Å². The van der Waals surface area contributed by atoms with Crippen LogP contribution >= 0.6 is 0 Å². The van der Waals surface area contributed by atoms with Gasteiger partial charge in [0, 0.05) is 5.56 Å². The van der Waals surface area contributed by atoms with Gasteiger partial charge in [-0.2, -0.15) is 10.2 Å². The summed E-state index contributed by atoms with van der Waals surface area (Å²) in [5.74, 6) is 0.587. The van der Waals surface area contributed by atoms with Crippen molar-refractivity contribution >= 4 is 22.7 Å². The van der Waals surface area contributed by atoms with Crippen molar-refractivity contribution in [2.45, 2.75) is 6.92 Å². The number of hydrogen-bond acceptors (Lipinski definition) is 6. The summed E-state index contributed by atoms with van der Waals surface area (Å²) in [5, 5.41) is 13.4. The Morgan fingerprint density at radius 3 is 2.58 bits per heavy atom. The van der Waals surface area contributed by atoms with Crippen LogP contribution in [0.4, 0.5) is 0 Å². The van der Waals surface area contributed by atoms with Crippen LogP contribution in [0.2, 0.25) is 0 Å². The van der Waals surface area contributed by atoms with Crippen LogP contribution in [0.1, 0.15) is 17.1 Å². The van der Waals surface area contributed by atoms with Gasteiger partial charge in [0.2, 0.25) is 5.82 Å². The standard InChI is InChI=1S/C20H13N5O/c1-13-6-8-14(9-7-13)19-24-20(26-25-19)15(11-21)10-16-12-22-17-4-2-3-5-18(17)23-16/h2-10,12H,1H3/b15-10-. The van der Waals surface area contributed by atoms with Gasteiger partial charge in [-0.25, -0.2) is 4.98 Å². The summed E-state index contributed by atoms with van der Waals surface area (Å²) in [5.41, 5.74) is 4.31. The zero-order valence-corrected chi connectivity index (χ0v) is 13.9. The number of hydrogen-bond donors (Lipinski definition) is 0. The Bertz CT molecular complexity index is 1150. The molecule has 0 radical (unpaired) electrons. The van der Waals surface area contributed by atoms with Gasteiger partial charge in [0.15, 0.2) is 0 Å². The smallest absolute Gasteiger partial charge is 0.268 e. The van der Waals surface area contributed by atoms with Gasteiger partial charge in [0.25, 0.3) is 5.89 Å². The summed E-state index contributed by atoms with van der Waals surface area (Å²) in [6.45, 7) is 2.01. The highest BCUT2D eigenvalue weighted by atomic mass is 16.5. The fourth-order valence-electron chi connectivity index (χ4n) is 2.48. The minimum absolute atomic E-state index is 0.151. The van der Waals surface area contributed by atoms with Gasteiger partial charge in [-0.05, 0) is 25.1 Å². The monoisotopic (exact) mass is 339 g/mol. The Kier molecular flexibility index (Phi) is 3.96. The summed E-state index contributed by atoms with van der Waals surface area (Å²) >= 11 is 0. The van der Waals surface area contributed by atoms with E-state index >= 15 is 0 Å². The topological polar surface area (TPSA) is 88.5 Å². The predicted molar refractivity (Wildman–Crippen MR) is 97.5 cm³/mol. The fourth-order valence-corrected chi connectivity index (χ4v) is 2.48. The van der Waals surface area contributed by atoms with Crippen molar-refractivity contribution in [3.63, 3.8) is 0 Å². The van der Waals surface area contributed by atoms with Crippen molar-refractivity contribution in [2.75, 3.05) is 0 Å². The minimum Gasteiger partial charge on any atom is -0.333 e. The largest absolute Gasteiger partial charge is 0.333 e. The quantitative estimate of drug-likeness (QED) is 0.523. The number of nitriles is 1. The first kappa shape index (κ1) is 15.7. The van der Waals surface area contributed by atoms with Crippen LogP contribution < -0.4 is 0 Å². The number of aromatic nitrogens is 4. The van der Waals surface area contributed by atoms with Crippen molar-refractivity contribution in [3.05, 3.63) is 71.9 Å². The number of aryl methyl sites for hydroxylation is 1. The summed E-state index contributed by atoms with van der Waals surface area (Å²) in [6.07, 6.45) is 3.20. The molecule has 2 aromatic carbocycles. The molecule has 0 aliphatic carbocycles. The second-order valence-corrected chi connectivity index (χ2v) is 5.74. The Morgan fingerprint density at radius 1 is 1.04 bits per heavy atom. The maximum absolute atomic E-state index is 9.48. The molecule has 0 aliphatic rings. The van der Waals surface area contributed by atoms with Crippen molar-refractivity contribution < 1.29 is 4.52 Å². The lowest BCUT2D eigenvalue weighted by molar-refractivity contribution is 0.409. The number of fused-ring (bicyclic) bond motifs is 1. The van der Waals surface area contributed by atoms with Gasteiger partial charge in [0.05, 0.1) is 22.9 Å². The Morgan fingerprint density at radius 2 is 1.81 bits per heavy atom. The van der Waals surface area contributed by atoms with E-state index in [1.165, 1.54) is 0 Å². The van der Waals surface area contributed by atoms with E-state index in [0.29, 0.717) is 11.5 Å². The highest BCUT2D eigenvalue weighted by Gasteiger charge is 2.13. The molecular weight excluding hydrogens is 326 g/mol. The molecule has 26 heavy (non-hydrogen) atoms. The molecule has 0 aliphatic heterocycles. The molecule has 4 aromatic rings. The number of rotatable bonds is 3. The van der Waals surface area contributed by atoms with E-state index in [4.69, 9.17) is 4.52 Å². The maximum atomic E-state index is 9.48. The average molecular weight is 339 g/mol. The zero-order valence-electron chi connectivity index (χ0n) is 13.9. The van der Waals surface area contributed by atoms with Gasteiger partial charge in [-0.1, -0.05) is 47.1 Å². The number of benzene rings is 2. The molecule has 0 N–H and O–H groups in total. The van der Waals surface area contributed by atoms with Crippen LogP contribution in [0.5, 0.6) is 0 Å². The molecule has 0 spiro atoms. The van der Waals surface area contributed by atoms with Gasteiger partial charge < -0.3 is 4.52 Å². The minimum atomic E-state index is 0.151. The van der Waals surface area contributed by atoms with Crippen LogP contribution in [-0.2, 0) is 0 Å². The second-order valence-electron chi connectivity index (χ2n) is 5.74. The first-order chi connectivity index (χ1) is 12.7.